The first-order chi connectivity index (χ1) is 6.98. The maximum Gasteiger partial charge on any atom is 0.0955 e. The second-order valence-corrected chi connectivity index (χ2v) is 6.03. The highest BCUT2D eigenvalue weighted by molar-refractivity contribution is 5.29. The fraction of sp³-hybridized carbons (Fsp3) is 0.846. The lowest BCUT2D eigenvalue weighted by Crippen LogP contribution is -2.56. The van der Waals surface area contributed by atoms with Gasteiger partial charge < -0.3 is 10.4 Å². The molecule has 0 saturated heterocycles. The first-order valence-corrected chi connectivity index (χ1v) is 6.16. The lowest BCUT2D eigenvalue weighted by molar-refractivity contribution is 0.0524. The summed E-state index contributed by atoms with van der Waals surface area (Å²) >= 11 is 0. The third-order valence-corrected chi connectivity index (χ3v) is 5.24. The van der Waals surface area contributed by atoms with Crippen LogP contribution in [0.2, 0.25) is 0 Å². The Morgan fingerprint density at radius 2 is 2.13 bits per heavy atom. The van der Waals surface area contributed by atoms with Gasteiger partial charge in [-0.1, -0.05) is 26.0 Å². The van der Waals surface area contributed by atoms with Gasteiger partial charge in [0.1, 0.15) is 0 Å². The van der Waals surface area contributed by atoms with Gasteiger partial charge in [-0.15, -0.1) is 0 Å². The average Bonchev–Trinajstić information content (AvgIpc) is 2.45. The van der Waals surface area contributed by atoms with E-state index in [9.17, 15) is 5.11 Å². The summed E-state index contributed by atoms with van der Waals surface area (Å²) in [5.41, 5.74) is -0.266. The molecule has 0 amide bonds. The van der Waals surface area contributed by atoms with E-state index in [4.69, 9.17) is 0 Å². The zero-order valence-corrected chi connectivity index (χ0v) is 9.83. The average molecular weight is 207 g/mol. The Balaban J connectivity index is 1.73. The van der Waals surface area contributed by atoms with Crippen molar-refractivity contribution in [2.24, 2.45) is 17.8 Å². The standard InChI is InChI=1S/C13H21NO/c1-8-7-10-9(2)13(8,10)14-11-5-4-6-12(11,3)15/h4,6,8-11,14-15H,5,7H2,1-3H3/t8-,9+,10?,11-,12?,13?/m1/s1. The van der Waals surface area contributed by atoms with E-state index in [1.165, 1.54) is 6.42 Å². The van der Waals surface area contributed by atoms with Gasteiger partial charge in [0.25, 0.3) is 0 Å². The molecular formula is C13H21NO. The van der Waals surface area contributed by atoms with E-state index in [2.05, 4.69) is 25.2 Å². The molecular weight excluding hydrogens is 186 g/mol. The van der Waals surface area contributed by atoms with Gasteiger partial charge in [-0.05, 0) is 37.5 Å². The SMILES string of the molecule is C[C@@H]1CC2[C@H](C)C21N[C@@H]1CC=CC1(C)O. The first-order valence-electron chi connectivity index (χ1n) is 6.16. The predicted octanol–water partition coefficient (Wildman–Crippen LogP) is 1.70. The molecule has 0 bridgehead atoms. The molecule has 84 valence electrons. The van der Waals surface area contributed by atoms with Crippen molar-refractivity contribution in [3.8, 4) is 0 Å². The van der Waals surface area contributed by atoms with Crippen molar-refractivity contribution in [2.75, 3.05) is 0 Å². The van der Waals surface area contributed by atoms with E-state index in [1.807, 2.05) is 13.0 Å². The number of hydrogen-bond donors (Lipinski definition) is 2. The quantitative estimate of drug-likeness (QED) is 0.676. The second kappa shape index (κ2) is 2.67. The normalized spacial score (nSPS) is 61.3. The molecule has 0 aliphatic heterocycles. The largest absolute Gasteiger partial charge is 0.384 e. The van der Waals surface area contributed by atoms with E-state index in [1.54, 1.807) is 0 Å². The summed E-state index contributed by atoms with van der Waals surface area (Å²) in [6, 6.07) is 0.229. The lowest BCUT2D eigenvalue weighted by atomic mass is 9.79. The third-order valence-electron chi connectivity index (χ3n) is 5.24. The highest BCUT2D eigenvalue weighted by Crippen LogP contribution is 2.68. The van der Waals surface area contributed by atoms with Gasteiger partial charge in [-0.2, -0.15) is 0 Å². The fourth-order valence-corrected chi connectivity index (χ4v) is 3.99. The highest BCUT2D eigenvalue weighted by atomic mass is 16.3. The smallest absolute Gasteiger partial charge is 0.0955 e. The summed E-state index contributed by atoms with van der Waals surface area (Å²) in [6.07, 6.45) is 6.38. The summed E-state index contributed by atoms with van der Waals surface area (Å²) in [4.78, 5) is 0. The molecule has 0 spiro atoms. The van der Waals surface area contributed by atoms with Crippen molar-refractivity contribution in [1.82, 2.24) is 5.32 Å². The van der Waals surface area contributed by atoms with Gasteiger partial charge >= 0.3 is 0 Å². The van der Waals surface area contributed by atoms with Crippen molar-refractivity contribution in [2.45, 2.75) is 50.8 Å². The molecule has 0 aromatic heterocycles. The zero-order chi connectivity index (χ0) is 10.8. The number of nitrogens with one attached hydrogen (secondary N) is 1. The van der Waals surface area contributed by atoms with Crippen LogP contribution in [-0.4, -0.2) is 22.3 Å². The van der Waals surface area contributed by atoms with Crippen molar-refractivity contribution in [3.63, 3.8) is 0 Å². The summed E-state index contributed by atoms with van der Waals surface area (Å²) in [5, 5.41) is 13.9. The summed E-state index contributed by atoms with van der Waals surface area (Å²) in [6.45, 7) is 6.60. The second-order valence-electron chi connectivity index (χ2n) is 6.03. The van der Waals surface area contributed by atoms with Crippen LogP contribution in [0.25, 0.3) is 0 Å². The topological polar surface area (TPSA) is 32.3 Å². The summed E-state index contributed by atoms with van der Waals surface area (Å²) in [7, 11) is 0. The molecule has 3 unspecified atom stereocenters. The van der Waals surface area contributed by atoms with Gasteiger partial charge in [0.2, 0.25) is 0 Å². The molecule has 3 aliphatic rings. The molecule has 2 saturated carbocycles. The van der Waals surface area contributed by atoms with Crippen molar-refractivity contribution < 1.29 is 5.11 Å². The van der Waals surface area contributed by atoms with Crippen molar-refractivity contribution in [1.29, 1.82) is 0 Å². The van der Waals surface area contributed by atoms with Crippen LogP contribution in [0.3, 0.4) is 0 Å². The minimum atomic E-state index is -0.642. The van der Waals surface area contributed by atoms with Crippen LogP contribution in [0, 0.1) is 17.8 Å². The van der Waals surface area contributed by atoms with Gasteiger partial charge in [0.05, 0.1) is 5.60 Å². The third kappa shape index (κ3) is 1.07. The van der Waals surface area contributed by atoms with E-state index in [-0.39, 0.29) is 6.04 Å². The van der Waals surface area contributed by atoms with Crippen molar-refractivity contribution in [3.05, 3.63) is 12.2 Å². The van der Waals surface area contributed by atoms with Crippen LogP contribution in [0.4, 0.5) is 0 Å². The van der Waals surface area contributed by atoms with E-state index >= 15 is 0 Å². The molecule has 3 rings (SSSR count). The van der Waals surface area contributed by atoms with Crippen LogP contribution >= 0.6 is 0 Å². The number of aliphatic hydroxyl groups is 1. The molecule has 2 nitrogen and oxygen atoms in total. The molecule has 3 aliphatic carbocycles. The number of hydrogen-bond acceptors (Lipinski definition) is 2. The minimum Gasteiger partial charge on any atom is -0.384 e. The fourth-order valence-electron chi connectivity index (χ4n) is 3.99. The molecule has 0 aromatic rings. The van der Waals surface area contributed by atoms with Crippen LogP contribution in [0.5, 0.6) is 0 Å². The van der Waals surface area contributed by atoms with Crippen LogP contribution < -0.4 is 5.32 Å². The van der Waals surface area contributed by atoms with Crippen LogP contribution in [0.15, 0.2) is 12.2 Å². The molecule has 2 heteroatoms. The molecule has 6 atom stereocenters. The Kier molecular flexibility index (Phi) is 1.75. The Morgan fingerprint density at radius 3 is 2.53 bits per heavy atom. The van der Waals surface area contributed by atoms with Gasteiger partial charge in [0.15, 0.2) is 0 Å². The zero-order valence-electron chi connectivity index (χ0n) is 9.83. The Morgan fingerprint density at radius 1 is 1.40 bits per heavy atom. The van der Waals surface area contributed by atoms with Crippen LogP contribution in [-0.2, 0) is 0 Å². The Hall–Kier alpha value is -0.340. The summed E-state index contributed by atoms with van der Waals surface area (Å²) < 4.78 is 0. The predicted molar refractivity (Wildman–Crippen MR) is 60.5 cm³/mol. The molecule has 0 radical (unpaired) electrons. The Labute approximate surface area is 91.8 Å². The molecule has 0 aromatic carbocycles. The monoisotopic (exact) mass is 207 g/mol. The summed E-state index contributed by atoms with van der Waals surface area (Å²) in [5.74, 6) is 2.47. The Bertz CT molecular complexity index is 307. The molecule has 2 fully saturated rings. The lowest BCUT2D eigenvalue weighted by Gasteiger charge is -2.40. The van der Waals surface area contributed by atoms with Gasteiger partial charge in [-0.3, -0.25) is 0 Å². The van der Waals surface area contributed by atoms with E-state index in [0.717, 1.165) is 24.2 Å². The van der Waals surface area contributed by atoms with E-state index in [0.29, 0.717) is 5.54 Å². The van der Waals surface area contributed by atoms with E-state index < -0.39 is 5.60 Å². The molecule has 2 N–H and O–H groups in total. The minimum absolute atomic E-state index is 0.229. The number of rotatable bonds is 2. The highest BCUT2D eigenvalue weighted by Gasteiger charge is 2.72. The molecule has 15 heavy (non-hydrogen) atoms. The van der Waals surface area contributed by atoms with Gasteiger partial charge in [-0.25, -0.2) is 0 Å². The maximum absolute atomic E-state index is 10.2. The van der Waals surface area contributed by atoms with Gasteiger partial charge in [0, 0.05) is 11.6 Å². The number of fused-ring (bicyclic) bond motifs is 1. The van der Waals surface area contributed by atoms with Crippen molar-refractivity contribution >= 4 is 0 Å². The van der Waals surface area contributed by atoms with Crippen LogP contribution in [0.1, 0.15) is 33.6 Å². The maximum atomic E-state index is 10.2. The molecule has 0 heterocycles. The first kappa shape index (κ1) is 9.86.